The highest BCUT2D eigenvalue weighted by atomic mass is 79.9. The van der Waals surface area contributed by atoms with Gasteiger partial charge in [0.2, 0.25) is 11.3 Å². The Bertz CT molecular complexity index is 1050. The Kier molecular flexibility index (Phi) is 6.48. The minimum absolute atomic E-state index is 0.252. The fourth-order valence-corrected chi connectivity index (χ4v) is 4.47. The van der Waals surface area contributed by atoms with Crippen molar-refractivity contribution in [2.45, 2.75) is 17.7 Å². The van der Waals surface area contributed by atoms with Gasteiger partial charge in [-0.05, 0) is 68.7 Å². The minimum atomic E-state index is -1.98. The van der Waals surface area contributed by atoms with Crippen molar-refractivity contribution in [1.29, 1.82) is 0 Å². The Morgan fingerprint density at radius 1 is 1.36 bits per heavy atom. The standard InChI is InChI=1S/C17H14Br2FN3O4S/c1-21-28(26)17-22-13-3-2-9(7-14(13)23-17)27-15-10(18)4-8(5-11(15)19)6-12(20)16(24)25/h2-5,7,12,21H,6H2,1H3,(H,22,23)(H,24,25). The molecule has 0 spiro atoms. The lowest BCUT2D eigenvalue weighted by atomic mass is 10.1. The Labute approximate surface area is 178 Å². The van der Waals surface area contributed by atoms with E-state index in [1.54, 1.807) is 37.4 Å². The van der Waals surface area contributed by atoms with E-state index < -0.39 is 23.1 Å². The highest BCUT2D eigenvalue weighted by Gasteiger charge is 2.19. The Hall–Kier alpha value is -1.82. The molecule has 0 aliphatic rings. The van der Waals surface area contributed by atoms with Crippen molar-refractivity contribution >= 4 is 59.8 Å². The molecule has 2 unspecified atom stereocenters. The van der Waals surface area contributed by atoms with E-state index in [1.807, 2.05) is 0 Å². The molecule has 0 saturated heterocycles. The third kappa shape index (κ3) is 4.59. The summed E-state index contributed by atoms with van der Waals surface area (Å²) in [6, 6.07) is 8.38. The zero-order chi connectivity index (χ0) is 20.4. The second kappa shape index (κ2) is 8.68. The zero-order valence-corrected chi connectivity index (χ0v) is 18.3. The number of carbonyl (C=O) groups is 1. The molecule has 0 bridgehead atoms. The van der Waals surface area contributed by atoms with Crippen LogP contribution in [-0.4, -0.2) is 38.5 Å². The first-order valence-corrected chi connectivity index (χ1v) is 10.6. The molecular weight excluding hydrogens is 521 g/mol. The van der Waals surface area contributed by atoms with Crippen molar-refractivity contribution < 1.29 is 23.2 Å². The lowest BCUT2D eigenvalue weighted by molar-refractivity contribution is -0.142. The maximum atomic E-state index is 13.5. The molecule has 2 aromatic carbocycles. The summed E-state index contributed by atoms with van der Waals surface area (Å²) in [6.45, 7) is 0. The fraction of sp³-hybridized carbons (Fsp3) is 0.176. The first-order chi connectivity index (χ1) is 13.3. The van der Waals surface area contributed by atoms with Crippen LogP contribution < -0.4 is 9.46 Å². The van der Waals surface area contributed by atoms with Gasteiger partial charge in [-0.3, -0.25) is 0 Å². The van der Waals surface area contributed by atoms with Crippen LogP contribution in [-0.2, 0) is 22.2 Å². The van der Waals surface area contributed by atoms with Gasteiger partial charge in [0.15, 0.2) is 16.7 Å². The Balaban J connectivity index is 1.86. The molecule has 0 fully saturated rings. The number of hydrogen-bond acceptors (Lipinski definition) is 4. The molecule has 1 heterocycles. The largest absolute Gasteiger partial charge is 0.479 e. The lowest BCUT2D eigenvalue weighted by Gasteiger charge is -2.12. The van der Waals surface area contributed by atoms with E-state index in [4.69, 9.17) is 9.84 Å². The van der Waals surface area contributed by atoms with Crippen molar-refractivity contribution in [1.82, 2.24) is 14.7 Å². The van der Waals surface area contributed by atoms with Crippen LogP contribution in [0, 0.1) is 0 Å². The molecule has 11 heteroatoms. The van der Waals surface area contributed by atoms with Crippen LogP contribution in [0.5, 0.6) is 11.5 Å². The van der Waals surface area contributed by atoms with Crippen molar-refractivity contribution in [3.05, 3.63) is 44.8 Å². The highest BCUT2D eigenvalue weighted by molar-refractivity contribution is 9.11. The number of imidazole rings is 1. The molecule has 0 radical (unpaired) electrons. The van der Waals surface area contributed by atoms with Gasteiger partial charge in [-0.1, -0.05) is 0 Å². The quantitative estimate of drug-likeness (QED) is 0.423. The van der Waals surface area contributed by atoms with E-state index in [-0.39, 0.29) is 6.42 Å². The summed E-state index contributed by atoms with van der Waals surface area (Å²) in [7, 11) is 0.137. The number of nitrogens with zero attached hydrogens (tertiary/aromatic N) is 1. The number of aliphatic carboxylic acids is 1. The third-order valence-corrected chi connectivity index (χ3v) is 5.85. The van der Waals surface area contributed by atoms with E-state index in [2.05, 4.69) is 46.5 Å². The smallest absolute Gasteiger partial charge is 0.338 e. The second-order valence-corrected chi connectivity index (χ2v) is 8.74. The summed E-state index contributed by atoms with van der Waals surface area (Å²) in [4.78, 5) is 17.9. The number of hydrogen-bond donors (Lipinski definition) is 3. The number of fused-ring (bicyclic) bond motifs is 1. The minimum Gasteiger partial charge on any atom is -0.479 e. The summed E-state index contributed by atoms with van der Waals surface area (Å²) in [5, 5.41) is 9.02. The van der Waals surface area contributed by atoms with Crippen LogP contribution in [0.1, 0.15) is 5.56 Å². The van der Waals surface area contributed by atoms with Crippen LogP contribution in [0.25, 0.3) is 11.0 Å². The Morgan fingerprint density at radius 2 is 2.04 bits per heavy atom. The molecule has 148 valence electrons. The predicted octanol–water partition coefficient (Wildman–Crippen LogP) is 4.09. The molecule has 0 saturated carbocycles. The molecule has 0 aliphatic heterocycles. The van der Waals surface area contributed by atoms with Gasteiger partial charge in [-0.2, -0.15) is 0 Å². The number of halogens is 3. The number of H-pyrrole nitrogens is 1. The first kappa shape index (κ1) is 20.9. The summed E-state index contributed by atoms with van der Waals surface area (Å²) < 4.78 is 34.8. The maximum Gasteiger partial charge on any atom is 0.338 e. The monoisotopic (exact) mass is 533 g/mol. The van der Waals surface area contributed by atoms with Crippen LogP contribution >= 0.6 is 31.9 Å². The molecule has 0 aliphatic carbocycles. The van der Waals surface area contributed by atoms with Crippen LogP contribution in [0.3, 0.4) is 0 Å². The normalized spacial score (nSPS) is 13.4. The number of benzene rings is 2. The molecule has 1 aromatic heterocycles. The van der Waals surface area contributed by atoms with Gasteiger partial charge < -0.3 is 14.8 Å². The summed E-state index contributed by atoms with van der Waals surface area (Å²) >= 11 is 6.74. The van der Waals surface area contributed by atoms with Crippen LogP contribution in [0.15, 0.2) is 44.4 Å². The number of rotatable bonds is 7. The molecule has 28 heavy (non-hydrogen) atoms. The average Bonchev–Trinajstić information content (AvgIpc) is 3.07. The highest BCUT2D eigenvalue weighted by Crippen LogP contribution is 2.38. The molecular formula is C17H14Br2FN3O4S. The van der Waals surface area contributed by atoms with E-state index >= 15 is 0 Å². The number of alkyl halides is 1. The van der Waals surface area contributed by atoms with Crippen LogP contribution in [0.2, 0.25) is 0 Å². The topological polar surface area (TPSA) is 104 Å². The predicted molar refractivity (Wildman–Crippen MR) is 110 cm³/mol. The van der Waals surface area contributed by atoms with Gasteiger partial charge in [0.05, 0.1) is 20.0 Å². The van der Waals surface area contributed by atoms with E-state index in [0.717, 1.165) is 0 Å². The van der Waals surface area contributed by atoms with E-state index in [1.165, 1.54) is 0 Å². The van der Waals surface area contributed by atoms with Gasteiger partial charge in [0.1, 0.15) is 5.75 Å². The maximum absolute atomic E-state index is 13.5. The lowest BCUT2D eigenvalue weighted by Crippen LogP contribution is -2.17. The molecule has 7 nitrogen and oxygen atoms in total. The van der Waals surface area contributed by atoms with E-state index in [9.17, 15) is 13.4 Å². The SMILES string of the molecule is CNS(=O)c1nc2ccc(Oc3c(Br)cc(CC(F)C(=O)O)cc3Br)cc2[nH]1. The number of nitrogens with one attached hydrogen (secondary N) is 2. The van der Waals surface area contributed by atoms with Gasteiger partial charge in [0, 0.05) is 12.5 Å². The zero-order valence-electron chi connectivity index (χ0n) is 14.3. The van der Waals surface area contributed by atoms with Gasteiger partial charge >= 0.3 is 5.97 Å². The van der Waals surface area contributed by atoms with Crippen molar-refractivity contribution in [3.63, 3.8) is 0 Å². The number of carboxylic acids is 1. The number of ether oxygens (including phenoxy) is 1. The van der Waals surface area contributed by atoms with Crippen molar-refractivity contribution in [3.8, 4) is 11.5 Å². The molecule has 0 amide bonds. The summed E-state index contributed by atoms with van der Waals surface area (Å²) in [5.41, 5.74) is 1.80. The van der Waals surface area contributed by atoms with Crippen molar-refractivity contribution in [2.75, 3.05) is 7.05 Å². The summed E-state index contributed by atoms with van der Waals surface area (Å²) in [6.07, 6.45) is -2.23. The number of aromatic nitrogens is 2. The van der Waals surface area contributed by atoms with Gasteiger partial charge in [0.25, 0.3) is 0 Å². The van der Waals surface area contributed by atoms with Gasteiger partial charge in [-0.25, -0.2) is 23.1 Å². The second-order valence-electron chi connectivity index (χ2n) is 5.69. The fourth-order valence-electron chi connectivity index (χ4n) is 2.45. The van der Waals surface area contributed by atoms with Gasteiger partial charge in [-0.15, -0.1) is 0 Å². The van der Waals surface area contributed by atoms with Crippen LogP contribution in [0.4, 0.5) is 4.39 Å². The van der Waals surface area contributed by atoms with Crippen molar-refractivity contribution in [2.24, 2.45) is 0 Å². The third-order valence-electron chi connectivity index (χ3n) is 3.75. The first-order valence-electron chi connectivity index (χ1n) is 7.90. The molecule has 3 rings (SSSR count). The molecule has 3 N–H and O–H groups in total. The average molecular weight is 535 g/mol. The Morgan fingerprint density at radius 3 is 2.64 bits per heavy atom. The summed E-state index contributed by atoms with van der Waals surface area (Å²) in [5.74, 6) is -0.549. The van der Waals surface area contributed by atoms with E-state index in [0.29, 0.717) is 42.2 Å². The number of carboxylic acid groups (broad SMARTS) is 1. The molecule has 2 atom stereocenters. The number of aromatic amines is 1. The molecule has 3 aromatic rings.